The number of hydrogen-bond donors (Lipinski definition) is 1. The third-order valence-corrected chi connectivity index (χ3v) is 10.1. The van der Waals surface area contributed by atoms with Gasteiger partial charge in [0.2, 0.25) is 11.8 Å². The first-order chi connectivity index (χ1) is 23.7. The smallest absolute Gasteiger partial charge is 0.248 e. The van der Waals surface area contributed by atoms with Crippen LogP contribution in [0.4, 0.5) is 0 Å². The van der Waals surface area contributed by atoms with Crippen molar-refractivity contribution in [2.45, 2.75) is 51.4 Å². The number of carbonyl (C=O) groups excluding carboxylic acids is 3. The van der Waals surface area contributed by atoms with E-state index in [-0.39, 0.29) is 35.9 Å². The van der Waals surface area contributed by atoms with Crippen molar-refractivity contribution in [1.82, 2.24) is 39.7 Å². The number of fused-ring (bicyclic) bond motifs is 6. The number of aliphatic imine (C=N–C) groups is 1. The molecule has 1 aliphatic carbocycles. The lowest BCUT2D eigenvalue weighted by Gasteiger charge is -2.29. The van der Waals surface area contributed by atoms with Gasteiger partial charge in [-0.25, -0.2) is 15.0 Å². The second-order valence-electron chi connectivity index (χ2n) is 12.8. The Morgan fingerprint density at radius 3 is 2.71 bits per heavy atom. The molecule has 2 saturated heterocycles. The second kappa shape index (κ2) is 12.1. The molecule has 4 bridgehead atoms. The normalized spacial score (nSPS) is 25.2. The van der Waals surface area contributed by atoms with Gasteiger partial charge in [0.15, 0.2) is 5.78 Å². The molecule has 4 aliphatic rings. The fourth-order valence-electron chi connectivity index (χ4n) is 7.38. The van der Waals surface area contributed by atoms with Gasteiger partial charge in [-0.05, 0) is 71.6 Å². The number of likely N-dealkylation sites (tertiary alicyclic amines) is 1. The molecule has 1 saturated carbocycles. The van der Waals surface area contributed by atoms with Gasteiger partial charge in [0.25, 0.3) is 0 Å². The minimum atomic E-state index is -0.691. The molecule has 14 heteroatoms. The van der Waals surface area contributed by atoms with Gasteiger partial charge in [0, 0.05) is 47.9 Å². The van der Waals surface area contributed by atoms with Crippen LogP contribution in [0.25, 0.3) is 28.1 Å². The fourth-order valence-corrected chi connectivity index (χ4v) is 7.72. The number of amides is 2. The molecule has 49 heavy (non-hydrogen) atoms. The summed E-state index contributed by atoms with van der Waals surface area (Å²) in [7, 11) is 0. The van der Waals surface area contributed by atoms with Crippen LogP contribution in [0.5, 0.6) is 0 Å². The van der Waals surface area contributed by atoms with E-state index in [0.717, 1.165) is 16.8 Å². The molecular formula is C35H32BrN9O4. The Bertz CT molecular complexity index is 2150. The lowest BCUT2D eigenvalue weighted by molar-refractivity contribution is -0.139. The molecule has 6 heterocycles. The van der Waals surface area contributed by atoms with E-state index >= 15 is 0 Å². The van der Waals surface area contributed by atoms with E-state index in [4.69, 9.17) is 14.8 Å². The third-order valence-electron chi connectivity index (χ3n) is 9.66. The first kappa shape index (κ1) is 31.2. The van der Waals surface area contributed by atoms with E-state index in [1.807, 2.05) is 66.4 Å². The zero-order chi connectivity index (χ0) is 33.9. The van der Waals surface area contributed by atoms with Crippen molar-refractivity contribution in [2.75, 3.05) is 13.2 Å². The molecule has 3 aromatic heterocycles. The van der Waals surface area contributed by atoms with E-state index in [9.17, 15) is 14.4 Å². The number of nitrogens with one attached hydrogen (secondary N) is 1. The van der Waals surface area contributed by atoms with Crippen molar-refractivity contribution >= 4 is 56.3 Å². The molecule has 0 radical (unpaired) electrons. The first-order valence-electron chi connectivity index (χ1n) is 16.0. The number of aromatic nitrogens is 6. The van der Waals surface area contributed by atoms with Crippen LogP contribution in [0.2, 0.25) is 0 Å². The minimum Gasteiger partial charge on any atom is -0.373 e. The Kier molecular flexibility index (Phi) is 7.71. The number of halogens is 1. The average Bonchev–Trinajstić information content (AvgIpc) is 3.34. The molecule has 13 nitrogen and oxygen atoms in total. The van der Waals surface area contributed by atoms with E-state index in [1.165, 1.54) is 6.92 Å². The number of benzene rings is 1. The second-order valence-corrected chi connectivity index (χ2v) is 13.6. The van der Waals surface area contributed by atoms with E-state index in [2.05, 4.69) is 36.3 Å². The number of ether oxygens (including phenoxy) is 1. The van der Waals surface area contributed by atoms with Crippen molar-refractivity contribution in [1.29, 1.82) is 0 Å². The maximum Gasteiger partial charge on any atom is 0.248 e. The van der Waals surface area contributed by atoms with Crippen LogP contribution in [-0.2, 0) is 20.9 Å². The number of nitrogens with zero attached hydrogens (tertiary/aromatic N) is 8. The highest BCUT2D eigenvalue weighted by Crippen LogP contribution is 2.66. The molecular weight excluding hydrogens is 690 g/mol. The molecule has 3 fully saturated rings. The Morgan fingerprint density at radius 2 is 1.90 bits per heavy atom. The number of ketones is 1. The van der Waals surface area contributed by atoms with Crippen molar-refractivity contribution in [3.05, 3.63) is 89.0 Å². The number of carbonyl (C=O) groups is 3. The van der Waals surface area contributed by atoms with Gasteiger partial charge in [0.05, 0.1) is 24.4 Å². The van der Waals surface area contributed by atoms with Crippen LogP contribution in [0.15, 0.2) is 76.8 Å². The standard InChI is InChI=1S/C35H32BrN9O4/c1-20(46)31-25-14-22(23-17-37-21(2)38-18-23)8-9-26(25)44(42-31)19-30(47)45-27-15-35(16-28(35)45)32-33(40-34(27)48)39-29(36)7-3-4-12-49-13-5-6-24-10-11-43(32)41-24/h3-11,14,17-18,27-28,32H,12-13,15-16,19H2,1-2H3,(H,39,40,48)/b4-3?,6-5+,29-7?/t27-,28+,32?,35-/m0/s1. The molecule has 1 N–H and O–H groups in total. The summed E-state index contributed by atoms with van der Waals surface area (Å²) in [5.74, 6) is 0.384. The van der Waals surface area contributed by atoms with Crippen molar-refractivity contribution < 1.29 is 19.1 Å². The lowest BCUT2D eigenvalue weighted by Crippen LogP contribution is -2.51. The monoisotopic (exact) mass is 721 g/mol. The summed E-state index contributed by atoms with van der Waals surface area (Å²) < 4.78 is 9.56. The average molecular weight is 723 g/mol. The number of Topliss-reactive ketones (excluding diaryl/α,β-unsaturated/α-hetero) is 1. The van der Waals surface area contributed by atoms with Gasteiger partial charge < -0.3 is 15.0 Å². The first-order valence-corrected chi connectivity index (χ1v) is 16.8. The van der Waals surface area contributed by atoms with Crippen LogP contribution in [0.3, 0.4) is 0 Å². The van der Waals surface area contributed by atoms with E-state index < -0.39 is 17.5 Å². The number of allylic oxidation sites excluding steroid dienone is 2. The van der Waals surface area contributed by atoms with Gasteiger partial charge in [0.1, 0.15) is 40.6 Å². The molecule has 1 unspecified atom stereocenters. The largest absolute Gasteiger partial charge is 0.373 e. The van der Waals surface area contributed by atoms with Crippen LogP contribution < -0.4 is 5.32 Å². The van der Waals surface area contributed by atoms with E-state index in [0.29, 0.717) is 53.2 Å². The SMILES string of the molecule is CC(=O)c1nn(CC(=O)N2[C@H]3C[C@@]4(C[C@@H]24)C2C(=NC(Br)=CC=CCOC/C=C/c4ccn2n4)NC3=O)c2ccc(-c3cnc(C)nc3)cc12. The third kappa shape index (κ3) is 5.54. The van der Waals surface area contributed by atoms with Crippen LogP contribution in [0.1, 0.15) is 47.8 Å². The molecule has 4 atom stereocenters. The summed E-state index contributed by atoms with van der Waals surface area (Å²) in [6, 6.07) is 6.23. The maximum absolute atomic E-state index is 14.2. The molecule has 1 aromatic carbocycles. The van der Waals surface area contributed by atoms with Crippen LogP contribution in [-0.4, -0.2) is 83.2 Å². The van der Waals surface area contributed by atoms with Gasteiger partial charge in [-0.3, -0.25) is 23.7 Å². The molecule has 4 aromatic rings. The van der Waals surface area contributed by atoms with Crippen LogP contribution >= 0.6 is 15.9 Å². The summed E-state index contributed by atoms with van der Waals surface area (Å²) in [5.41, 5.74) is 2.86. The highest BCUT2D eigenvalue weighted by atomic mass is 79.9. The number of hydrogen-bond acceptors (Lipinski definition) is 9. The predicted molar refractivity (Wildman–Crippen MR) is 184 cm³/mol. The quantitative estimate of drug-likeness (QED) is 0.244. The number of piperidine rings is 1. The molecule has 248 valence electrons. The predicted octanol–water partition coefficient (Wildman–Crippen LogP) is 4.17. The molecule has 1 spiro atoms. The number of rotatable bonds is 4. The van der Waals surface area contributed by atoms with Gasteiger partial charge in [-0.1, -0.05) is 24.3 Å². The topological polar surface area (TPSA) is 149 Å². The summed E-state index contributed by atoms with van der Waals surface area (Å²) in [6.07, 6.45) is 15.9. The van der Waals surface area contributed by atoms with Crippen molar-refractivity contribution in [3.8, 4) is 11.1 Å². The fraction of sp³-hybridized carbons (Fsp3) is 0.314. The summed E-state index contributed by atoms with van der Waals surface area (Å²) in [6.45, 7) is 4.03. The summed E-state index contributed by atoms with van der Waals surface area (Å²) >= 11 is 3.54. The number of amidine groups is 1. The zero-order valence-corrected chi connectivity index (χ0v) is 28.4. The lowest BCUT2D eigenvalue weighted by atomic mass is 9.91. The molecule has 3 aliphatic heterocycles. The highest BCUT2D eigenvalue weighted by Gasteiger charge is 2.73. The number of aryl methyl sites for hydroxylation is 1. The summed E-state index contributed by atoms with van der Waals surface area (Å²) in [4.78, 5) is 55.9. The van der Waals surface area contributed by atoms with Crippen molar-refractivity contribution in [2.24, 2.45) is 10.4 Å². The van der Waals surface area contributed by atoms with Crippen molar-refractivity contribution in [3.63, 3.8) is 0 Å². The van der Waals surface area contributed by atoms with Crippen LogP contribution in [0, 0.1) is 12.3 Å². The Hall–Kier alpha value is -5.08. The van der Waals surface area contributed by atoms with E-state index in [1.54, 1.807) is 28.1 Å². The maximum atomic E-state index is 14.2. The Morgan fingerprint density at radius 1 is 1.08 bits per heavy atom. The highest BCUT2D eigenvalue weighted by molar-refractivity contribution is 9.11. The molecule has 2 amide bonds. The Labute approximate surface area is 289 Å². The van der Waals surface area contributed by atoms with Gasteiger partial charge in [-0.15, -0.1) is 0 Å². The van der Waals surface area contributed by atoms with Gasteiger partial charge in [-0.2, -0.15) is 10.2 Å². The van der Waals surface area contributed by atoms with Gasteiger partial charge >= 0.3 is 0 Å². The summed E-state index contributed by atoms with van der Waals surface area (Å²) in [5, 5.41) is 13.1. The minimum absolute atomic E-state index is 0.127. The zero-order valence-electron chi connectivity index (χ0n) is 26.8. The Balaban J connectivity index is 1.13. The molecule has 8 rings (SSSR count).